The first kappa shape index (κ1) is 14.4. The number of benzene rings is 1. The molecule has 1 rings (SSSR count). The Morgan fingerprint density at radius 2 is 1.67 bits per heavy atom. The van der Waals surface area contributed by atoms with E-state index in [9.17, 15) is 9.59 Å². The molecule has 0 atom stereocenters. The summed E-state index contributed by atoms with van der Waals surface area (Å²) in [5.74, 6) is -0.295. The number of Topliss-reactive ketones (excluding diaryl/α,β-unsaturated/α-hetero) is 1. The Balaban J connectivity index is 2.75. The van der Waals surface area contributed by atoms with Gasteiger partial charge in [-0.25, -0.2) is 0 Å². The molecule has 0 aliphatic rings. The van der Waals surface area contributed by atoms with Gasteiger partial charge in [-0.2, -0.15) is 0 Å². The van der Waals surface area contributed by atoms with Gasteiger partial charge in [-0.3, -0.25) is 14.5 Å². The minimum absolute atomic E-state index is 0.0939. The standard InChI is InChI=1S/C14H20N2O2/c1-4-16(5-2)10-15-14(18)13-9-7-6-8-12(13)11(3)17/h6-9H,4-5,10H2,1-3H3,(H,15,18). The van der Waals surface area contributed by atoms with Crippen LogP contribution in [0.25, 0.3) is 0 Å². The molecule has 4 heteroatoms. The molecule has 1 N–H and O–H groups in total. The Bertz CT molecular complexity index is 426. The molecule has 0 aliphatic heterocycles. The molecule has 0 unspecified atom stereocenters. The summed E-state index contributed by atoms with van der Waals surface area (Å²) in [6.07, 6.45) is 0. The third kappa shape index (κ3) is 3.67. The molecule has 0 aromatic heterocycles. The van der Waals surface area contributed by atoms with E-state index in [1.54, 1.807) is 24.3 Å². The van der Waals surface area contributed by atoms with E-state index >= 15 is 0 Å². The summed E-state index contributed by atoms with van der Waals surface area (Å²) in [6, 6.07) is 6.87. The fourth-order valence-corrected chi connectivity index (χ4v) is 1.71. The zero-order chi connectivity index (χ0) is 13.5. The highest BCUT2D eigenvalue weighted by atomic mass is 16.2. The molecule has 0 aliphatic carbocycles. The summed E-state index contributed by atoms with van der Waals surface area (Å²) in [5, 5.41) is 2.83. The summed E-state index contributed by atoms with van der Waals surface area (Å²) >= 11 is 0. The first-order chi connectivity index (χ1) is 8.60. The first-order valence-corrected chi connectivity index (χ1v) is 6.20. The summed E-state index contributed by atoms with van der Waals surface area (Å²) in [6.45, 7) is 7.81. The number of amides is 1. The number of nitrogens with zero attached hydrogens (tertiary/aromatic N) is 1. The number of rotatable bonds is 6. The average molecular weight is 248 g/mol. The number of hydrogen-bond acceptors (Lipinski definition) is 3. The van der Waals surface area contributed by atoms with Gasteiger partial charge in [0.1, 0.15) is 0 Å². The lowest BCUT2D eigenvalue weighted by Crippen LogP contribution is -2.37. The van der Waals surface area contributed by atoms with E-state index in [-0.39, 0.29) is 11.7 Å². The second kappa shape index (κ2) is 6.91. The van der Waals surface area contributed by atoms with Gasteiger partial charge in [0.05, 0.1) is 12.2 Å². The lowest BCUT2D eigenvalue weighted by molar-refractivity contribution is 0.0914. The number of carbonyl (C=O) groups is 2. The molecule has 0 spiro atoms. The molecule has 0 radical (unpaired) electrons. The largest absolute Gasteiger partial charge is 0.339 e. The van der Waals surface area contributed by atoms with Crippen LogP contribution in [-0.2, 0) is 0 Å². The number of ketones is 1. The maximum absolute atomic E-state index is 12.0. The fraction of sp³-hybridized carbons (Fsp3) is 0.429. The Kier molecular flexibility index (Phi) is 5.52. The zero-order valence-corrected chi connectivity index (χ0v) is 11.2. The highest BCUT2D eigenvalue weighted by Crippen LogP contribution is 2.09. The van der Waals surface area contributed by atoms with Crippen molar-refractivity contribution in [3.05, 3.63) is 35.4 Å². The number of nitrogens with one attached hydrogen (secondary N) is 1. The summed E-state index contributed by atoms with van der Waals surface area (Å²) in [4.78, 5) is 25.5. The first-order valence-electron chi connectivity index (χ1n) is 6.20. The zero-order valence-electron chi connectivity index (χ0n) is 11.2. The maximum Gasteiger partial charge on any atom is 0.253 e. The van der Waals surface area contributed by atoms with Gasteiger partial charge in [0.25, 0.3) is 5.91 Å². The van der Waals surface area contributed by atoms with E-state index in [0.717, 1.165) is 13.1 Å². The van der Waals surface area contributed by atoms with E-state index in [1.807, 2.05) is 13.8 Å². The number of carbonyl (C=O) groups excluding carboxylic acids is 2. The molecule has 0 saturated carbocycles. The maximum atomic E-state index is 12.0. The van der Waals surface area contributed by atoms with Gasteiger partial charge in [0, 0.05) is 5.56 Å². The summed E-state index contributed by atoms with van der Waals surface area (Å²) in [7, 11) is 0. The predicted octanol–water partition coefficient (Wildman–Crippen LogP) is 1.92. The van der Waals surface area contributed by atoms with Gasteiger partial charge >= 0.3 is 0 Å². The SMILES string of the molecule is CCN(CC)CNC(=O)c1ccccc1C(C)=O. The quantitative estimate of drug-likeness (QED) is 0.618. The van der Waals surface area contributed by atoms with Crippen LogP contribution in [0, 0.1) is 0 Å². The van der Waals surface area contributed by atoms with Crippen LogP contribution in [-0.4, -0.2) is 36.3 Å². The van der Waals surface area contributed by atoms with Crippen LogP contribution in [0.15, 0.2) is 24.3 Å². The molecular weight excluding hydrogens is 228 g/mol. The second-order valence-corrected chi connectivity index (χ2v) is 4.07. The average Bonchev–Trinajstić information content (AvgIpc) is 2.39. The lowest BCUT2D eigenvalue weighted by Gasteiger charge is -2.18. The minimum atomic E-state index is -0.201. The Hall–Kier alpha value is -1.68. The summed E-state index contributed by atoms with van der Waals surface area (Å²) in [5.41, 5.74) is 0.909. The van der Waals surface area contributed by atoms with Crippen LogP contribution < -0.4 is 5.32 Å². The highest BCUT2D eigenvalue weighted by Gasteiger charge is 2.13. The van der Waals surface area contributed by atoms with E-state index in [1.165, 1.54) is 6.92 Å². The van der Waals surface area contributed by atoms with E-state index < -0.39 is 0 Å². The third-order valence-electron chi connectivity index (χ3n) is 2.91. The Labute approximate surface area is 108 Å². The highest BCUT2D eigenvalue weighted by molar-refractivity contribution is 6.07. The van der Waals surface area contributed by atoms with Crippen molar-refractivity contribution in [3.63, 3.8) is 0 Å². The van der Waals surface area contributed by atoms with Crippen molar-refractivity contribution in [2.75, 3.05) is 19.8 Å². The molecule has 1 aromatic carbocycles. The van der Waals surface area contributed by atoms with E-state index in [4.69, 9.17) is 0 Å². The van der Waals surface area contributed by atoms with Crippen LogP contribution in [0.3, 0.4) is 0 Å². The van der Waals surface area contributed by atoms with Crippen molar-refractivity contribution in [2.45, 2.75) is 20.8 Å². The lowest BCUT2D eigenvalue weighted by atomic mass is 10.0. The third-order valence-corrected chi connectivity index (χ3v) is 2.91. The molecule has 0 fully saturated rings. The van der Waals surface area contributed by atoms with Crippen molar-refractivity contribution in [3.8, 4) is 0 Å². The van der Waals surface area contributed by atoms with E-state index in [0.29, 0.717) is 17.8 Å². The number of hydrogen-bond donors (Lipinski definition) is 1. The van der Waals surface area contributed by atoms with Gasteiger partial charge in [-0.1, -0.05) is 32.0 Å². The smallest absolute Gasteiger partial charge is 0.253 e. The van der Waals surface area contributed by atoms with Crippen LogP contribution in [0.5, 0.6) is 0 Å². The molecule has 98 valence electrons. The van der Waals surface area contributed by atoms with Crippen molar-refractivity contribution >= 4 is 11.7 Å². The van der Waals surface area contributed by atoms with Crippen molar-refractivity contribution in [1.82, 2.24) is 10.2 Å². The van der Waals surface area contributed by atoms with Crippen LogP contribution >= 0.6 is 0 Å². The molecule has 0 saturated heterocycles. The van der Waals surface area contributed by atoms with Crippen molar-refractivity contribution in [2.24, 2.45) is 0 Å². The Morgan fingerprint density at radius 1 is 1.11 bits per heavy atom. The minimum Gasteiger partial charge on any atom is -0.339 e. The molecule has 1 aromatic rings. The van der Waals surface area contributed by atoms with Crippen molar-refractivity contribution in [1.29, 1.82) is 0 Å². The van der Waals surface area contributed by atoms with Crippen LogP contribution in [0.1, 0.15) is 41.5 Å². The fourth-order valence-electron chi connectivity index (χ4n) is 1.71. The molecule has 0 heterocycles. The topological polar surface area (TPSA) is 49.4 Å². The Morgan fingerprint density at radius 3 is 2.17 bits per heavy atom. The molecule has 18 heavy (non-hydrogen) atoms. The normalized spacial score (nSPS) is 10.4. The van der Waals surface area contributed by atoms with E-state index in [2.05, 4.69) is 10.2 Å². The van der Waals surface area contributed by atoms with Crippen molar-refractivity contribution < 1.29 is 9.59 Å². The van der Waals surface area contributed by atoms with Crippen LogP contribution in [0.2, 0.25) is 0 Å². The second-order valence-electron chi connectivity index (χ2n) is 4.07. The van der Waals surface area contributed by atoms with Gasteiger partial charge in [0.15, 0.2) is 5.78 Å². The molecule has 4 nitrogen and oxygen atoms in total. The summed E-state index contributed by atoms with van der Waals surface area (Å²) < 4.78 is 0. The van der Waals surface area contributed by atoms with Gasteiger partial charge in [-0.15, -0.1) is 0 Å². The van der Waals surface area contributed by atoms with Crippen LogP contribution in [0.4, 0.5) is 0 Å². The molecule has 1 amide bonds. The molecular formula is C14H20N2O2. The van der Waals surface area contributed by atoms with Gasteiger partial charge < -0.3 is 5.32 Å². The molecule has 0 bridgehead atoms. The predicted molar refractivity (Wildman–Crippen MR) is 71.7 cm³/mol. The van der Waals surface area contributed by atoms with Gasteiger partial charge in [0.2, 0.25) is 0 Å². The van der Waals surface area contributed by atoms with Gasteiger partial charge in [-0.05, 0) is 26.1 Å². The monoisotopic (exact) mass is 248 g/mol.